The van der Waals surface area contributed by atoms with Gasteiger partial charge in [0.25, 0.3) is 0 Å². The summed E-state index contributed by atoms with van der Waals surface area (Å²) in [5.41, 5.74) is 5.56. The maximum Gasteiger partial charge on any atom is 0.218 e. The molecule has 2 N–H and O–H groups in total. The maximum absolute atomic E-state index is 12.6. The first-order chi connectivity index (χ1) is 4.74. The average Bonchev–Trinajstić information content (AvgIpc) is 1.88. The van der Waals surface area contributed by atoms with Crippen LogP contribution in [0.3, 0.4) is 0 Å². The summed E-state index contributed by atoms with van der Waals surface area (Å²) in [5, 5.41) is 0.148. The molecule has 0 saturated heterocycles. The van der Waals surface area contributed by atoms with Gasteiger partial charge in [-0.25, -0.2) is 4.98 Å². The van der Waals surface area contributed by atoms with Gasteiger partial charge in [0.15, 0.2) is 0 Å². The van der Waals surface area contributed by atoms with E-state index >= 15 is 0 Å². The Morgan fingerprint density at radius 1 is 1.60 bits per heavy atom. The fourth-order valence-corrected chi connectivity index (χ4v) is 0.730. The van der Waals surface area contributed by atoms with E-state index in [0.717, 1.165) is 0 Å². The number of rotatable bonds is 1. The van der Waals surface area contributed by atoms with Crippen molar-refractivity contribution < 1.29 is 4.39 Å². The third kappa shape index (κ3) is 1.43. The molecule has 0 aliphatic heterocycles. The highest BCUT2D eigenvalue weighted by atomic mass is 35.5. The molecule has 1 aromatic heterocycles. The predicted octanol–water partition coefficient (Wildman–Crippen LogP) is 1.33. The maximum atomic E-state index is 12.6. The molecular formula is C6H6ClFN2. The topological polar surface area (TPSA) is 38.9 Å². The lowest BCUT2D eigenvalue weighted by Gasteiger charge is -1.96. The van der Waals surface area contributed by atoms with E-state index in [1.54, 1.807) is 0 Å². The van der Waals surface area contributed by atoms with Crippen molar-refractivity contribution in [3.8, 4) is 0 Å². The lowest BCUT2D eigenvalue weighted by molar-refractivity contribution is 0.567. The third-order valence-corrected chi connectivity index (χ3v) is 1.32. The van der Waals surface area contributed by atoms with Crippen LogP contribution in [0.5, 0.6) is 0 Å². The van der Waals surface area contributed by atoms with Crippen molar-refractivity contribution in [2.45, 2.75) is 6.54 Å². The first-order valence-corrected chi connectivity index (χ1v) is 3.13. The van der Waals surface area contributed by atoms with E-state index in [1.165, 1.54) is 12.1 Å². The molecule has 0 fully saturated rings. The van der Waals surface area contributed by atoms with Gasteiger partial charge < -0.3 is 5.73 Å². The SMILES string of the molecule is NCc1ccc(Cl)nc1F. The fourth-order valence-electron chi connectivity index (χ4n) is 0.593. The minimum Gasteiger partial charge on any atom is -0.326 e. The summed E-state index contributed by atoms with van der Waals surface area (Å²) in [7, 11) is 0. The van der Waals surface area contributed by atoms with Crippen LogP contribution in [0, 0.1) is 5.95 Å². The Morgan fingerprint density at radius 3 is 2.80 bits per heavy atom. The Morgan fingerprint density at radius 2 is 2.30 bits per heavy atom. The zero-order valence-electron chi connectivity index (χ0n) is 5.14. The van der Waals surface area contributed by atoms with Crippen LogP contribution >= 0.6 is 11.6 Å². The van der Waals surface area contributed by atoms with Crippen LogP contribution in [0.1, 0.15) is 5.56 Å². The molecule has 10 heavy (non-hydrogen) atoms. The van der Waals surface area contributed by atoms with Crippen LogP contribution in [0.4, 0.5) is 4.39 Å². The standard InChI is InChI=1S/C6H6ClFN2/c7-5-2-1-4(3-9)6(8)10-5/h1-2H,3,9H2. The number of nitrogens with two attached hydrogens (primary N) is 1. The Labute approximate surface area is 62.8 Å². The molecule has 0 bridgehead atoms. The van der Waals surface area contributed by atoms with Gasteiger partial charge in [0.2, 0.25) is 5.95 Å². The summed E-state index contributed by atoms with van der Waals surface area (Å²) >= 11 is 5.38. The van der Waals surface area contributed by atoms with Crippen molar-refractivity contribution in [2.24, 2.45) is 5.73 Å². The van der Waals surface area contributed by atoms with Crippen LogP contribution < -0.4 is 5.73 Å². The lowest BCUT2D eigenvalue weighted by atomic mass is 10.3. The molecule has 0 saturated carbocycles. The molecule has 1 aromatic rings. The van der Waals surface area contributed by atoms with Gasteiger partial charge in [0, 0.05) is 12.1 Å². The van der Waals surface area contributed by atoms with Gasteiger partial charge in [0.05, 0.1) is 0 Å². The van der Waals surface area contributed by atoms with Crippen molar-refractivity contribution >= 4 is 11.6 Å². The number of hydrogen-bond acceptors (Lipinski definition) is 2. The van der Waals surface area contributed by atoms with E-state index in [2.05, 4.69) is 4.98 Å². The summed E-state index contributed by atoms with van der Waals surface area (Å²) in [6, 6.07) is 3.03. The highest BCUT2D eigenvalue weighted by molar-refractivity contribution is 6.29. The Hall–Kier alpha value is -0.670. The quantitative estimate of drug-likeness (QED) is 0.630. The molecule has 1 rings (SSSR count). The Bertz CT molecular complexity index is 239. The van der Waals surface area contributed by atoms with Crippen molar-refractivity contribution in [1.29, 1.82) is 0 Å². The highest BCUT2D eigenvalue weighted by Crippen LogP contribution is 2.08. The Kier molecular flexibility index (Phi) is 2.19. The zero-order valence-corrected chi connectivity index (χ0v) is 5.90. The second-order valence-corrected chi connectivity index (χ2v) is 2.18. The molecule has 2 nitrogen and oxygen atoms in total. The summed E-state index contributed by atoms with van der Waals surface area (Å²) < 4.78 is 12.6. The first kappa shape index (κ1) is 7.44. The normalized spacial score (nSPS) is 9.90. The summed E-state index contributed by atoms with van der Waals surface area (Å²) in [4.78, 5) is 3.36. The van der Waals surface area contributed by atoms with Crippen LogP contribution in [0.25, 0.3) is 0 Å². The van der Waals surface area contributed by atoms with Crippen molar-refractivity contribution in [3.05, 3.63) is 28.8 Å². The molecule has 1 heterocycles. The minimum absolute atomic E-state index is 0.148. The Balaban J connectivity index is 3.07. The minimum atomic E-state index is -0.588. The highest BCUT2D eigenvalue weighted by Gasteiger charge is 2.00. The van der Waals surface area contributed by atoms with Gasteiger partial charge in [-0.05, 0) is 6.07 Å². The molecular weight excluding hydrogens is 155 g/mol. The van der Waals surface area contributed by atoms with Crippen LogP contribution in [-0.4, -0.2) is 4.98 Å². The molecule has 0 radical (unpaired) electrons. The van der Waals surface area contributed by atoms with E-state index in [4.69, 9.17) is 17.3 Å². The number of pyridine rings is 1. The largest absolute Gasteiger partial charge is 0.326 e. The van der Waals surface area contributed by atoms with Gasteiger partial charge in [-0.1, -0.05) is 17.7 Å². The van der Waals surface area contributed by atoms with Crippen molar-refractivity contribution in [3.63, 3.8) is 0 Å². The molecule has 0 spiro atoms. The van der Waals surface area contributed by atoms with Crippen molar-refractivity contribution in [1.82, 2.24) is 4.98 Å². The molecule has 0 aliphatic carbocycles. The molecule has 0 aliphatic rings. The predicted molar refractivity (Wildman–Crippen MR) is 37.1 cm³/mol. The molecule has 0 aromatic carbocycles. The van der Waals surface area contributed by atoms with Gasteiger partial charge in [0.1, 0.15) is 5.15 Å². The van der Waals surface area contributed by atoms with Crippen LogP contribution in [0.2, 0.25) is 5.15 Å². The lowest BCUT2D eigenvalue weighted by Crippen LogP contribution is -2.01. The zero-order chi connectivity index (χ0) is 7.56. The molecule has 0 unspecified atom stereocenters. The van der Waals surface area contributed by atoms with E-state index < -0.39 is 5.95 Å². The summed E-state index contributed by atoms with van der Waals surface area (Å²) in [6.45, 7) is 0.149. The molecule has 0 atom stereocenters. The fraction of sp³-hybridized carbons (Fsp3) is 0.167. The van der Waals surface area contributed by atoms with Crippen molar-refractivity contribution in [2.75, 3.05) is 0 Å². The van der Waals surface area contributed by atoms with Gasteiger partial charge >= 0.3 is 0 Å². The molecule has 4 heteroatoms. The molecule has 0 amide bonds. The van der Waals surface area contributed by atoms with E-state index in [0.29, 0.717) is 5.56 Å². The summed E-state index contributed by atoms with van der Waals surface area (Å²) in [5.74, 6) is -0.588. The van der Waals surface area contributed by atoms with Crippen LogP contribution in [0.15, 0.2) is 12.1 Å². The number of halogens is 2. The second kappa shape index (κ2) is 2.94. The second-order valence-electron chi connectivity index (χ2n) is 1.79. The number of nitrogens with zero attached hydrogens (tertiary/aromatic N) is 1. The monoisotopic (exact) mass is 160 g/mol. The number of hydrogen-bond donors (Lipinski definition) is 1. The average molecular weight is 161 g/mol. The number of aromatic nitrogens is 1. The van der Waals surface area contributed by atoms with Crippen LogP contribution in [-0.2, 0) is 6.54 Å². The van der Waals surface area contributed by atoms with Gasteiger partial charge in [-0.2, -0.15) is 4.39 Å². The van der Waals surface area contributed by atoms with E-state index in [9.17, 15) is 4.39 Å². The molecule has 54 valence electrons. The first-order valence-electron chi connectivity index (χ1n) is 2.75. The van der Waals surface area contributed by atoms with E-state index in [1.807, 2.05) is 0 Å². The summed E-state index contributed by atoms with van der Waals surface area (Å²) in [6.07, 6.45) is 0. The van der Waals surface area contributed by atoms with Gasteiger partial charge in [-0.15, -0.1) is 0 Å². The smallest absolute Gasteiger partial charge is 0.218 e. The van der Waals surface area contributed by atoms with E-state index in [-0.39, 0.29) is 11.7 Å². The van der Waals surface area contributed by atoms with Gasteiger partial charge in [-0.3, -0.25) is 0 Å². The third-order valence-electron chi connectivity index (χ3n) is 1.11.